The first-order chi connectivity index (χ1) is 8.91. The van der Waals surface area contributed by atoms with Gasteiger partial charge in [-0.05, 0) is 44.7 Å². The summed E-state index contributed by atoms with van der Waals surface area (Å²) in [5, 5.41) is 3.38. The van der Waals surface area contributed by atoms with Crippen LogP contribution in [0.15, 0.2) is 24.3 Å². The van der Waals surface area contributed by atoms with E-state index >= 15 is 0 Å². The zero-order valence-corrected chi connectivity index (χ0v) is 11.8. The molecule has 0 bridgehead atoms. The summed E-state index contributed by atoms with van der Waals surface area (Å²) < 4.78 is 5.52. The fraction of sp³-hybridized carbons (Fsp3) is 0.562. The van der Waals surface area contributed by atoms with E-state index in [2.05, 4.69) is 23.5 Å². The van der Waals surface area contributed by atoms with Gasteiger partial charge in [0.15, 0.2) is 0 Å². The van der Waals surface area contributed by atoms with Crippen molar-refractivity contribution in [2.24, 2.45) is 0 Å². The Morgan fingerprint density at radius 2 is 2.00 bits per heavy atom. The van der Waals surface area contributed by atoms with Crippen LogP contribution in [0.3, 0.4) is 0 Å². The second kappa shape index (κ2) is 4.07. The van der Waals surface area contributed by atoms with Crippen LogP contribution >= 0.6 is 0 Å². The number of fused-ring (bicyclic) bond motifs is 2. The third-order valence-corrected chi connectivity index (χ3v) is 3.98. The Kier molecular flexibility index (Phi) is 2.72. The van der Waals surface area contributed by atoms with Gasteiger partial charge in [-0.25, -0.2) is 4.79 Å². The lowest BCUT2D eigenvalue weighted by Crippen LogP contribution is -2.43. The predicted octanol–water partition coefficient (Wildman–Crippen LogP) is 2.70. The van der Waals surface area contributed by atoms with Crippen LogP contribution in [-0.2, 0) is 14.9 Å². The van der Waals surface area contributed by atoms with Crippen LogP contribution in [0.4, 0.5) is 0 Å². The summed E-state index contributed by atoms with van der Waals surface area (Å²) in [6, 6.07) is 7.97. The van der Waals surface area contributed by atoms with Crippen LogP contribution < -0.4 is 5.32 Å². The number of nitrogens with one attached hydrogen (secondary N) is 1. The molecule has 0 radical (unpaired) electrons. The number of carbonyl (C=O) groups is 1. The Balaban J connectivity index is 1.91. The van der Waals surface area contributed by atoms with Crippen LogP contribution in [0.2, 0.25) is 0 Å². The Labute approximate surface area is 114 Å². The minimum absolute atomic E-state index is 0.171. The molecule has 0 aromatic heterocycles. The normalized spacial score (nSPS) is 23.8. The lowest BCUT2D eigenvalue weighted by Gasteiger charge is -2.33. The maximum Gasteiger partial charge on any atom is 0.328 e. The lowest BCUT2D eigenvalue weighted by atomic mass is 9.84. The van der Waals surface area contributed by atoms with Crippen LogP contribution in [0.5, 0.6) is 0 Å². The van der Waals surface area contributed by atoms with Gasteiger partial charge in [-0.3, -0.25) is 5.32 Å². The largest absolute Gasteiger partial charge is 0.459 e. The topological polar surface area (TPSA) is 38.3 Å². The molecule has 102 valence electrons. The van der Waals surface area contributed by atoms with Gasteiger partial charge in [0.05, 0.1) is 0 Å². The number of hydrogen-bond donors (Lipinski definition) is 1. The average molecular weight is 259 g/mol. The molecular weight excluding hydrogens is 238 g/mol. The van der Waals surface area contributed by atoms with Gasteiger partial charge in [0, 0.05) is 12.0 Å². The van der Waals surface area contributed by atoms with E-state index < -0.39 is 5.60 Å². The maximum absolute atomic E-state index is 12.3. The van der Waals surface area contributed by atoms with Crippen LogP contribution in [0.1, 0.15) is 50.8 Å². The van der Waals surface area contributed by atoms with Gasteiger partial charge in [-0.15, -0.1) is 0 Å². The van der Waals surface area contributed by atoms with Gasteiger partial charge in [-0.1, -0.05) is 24.3 Å². The Hall–Kier alpha value is -1.35. The molecule has 1 spiro atoms. The van der Waals surface area contributed by atoms with Crippen molar-refractivity contribution in [2.75, 3.05) is 6.54 Å². The highest BCUT2D eigenvalue weighted by Gasteiger charge is 2.50. The van der Waals surface area contributed by atoms with E-state index in [9.17, 15) is 4.79 Å². The molecule has 1 fully saturated rings. The van der Waals surface area contributed by atoms with E-state index in [-0.39, 0.29) is 17.4 Å². The van der Waals surface area contributed by atoms with Crippen molar-refractivity contribution in [1.82, 2.24) is 5.32 Å². The quantitative estimate of drug-likeness (QED) is 0.788. The van der Waals surface area contributed by atoms with Gasteiger partial charge in [0.1, 0.15) is 11.6 Å². The van der Waals surface area contributed by atoms with E-state index in [0.717, 1.165) is 12.1 Å². The van der Waals surface area contributed by atoms with Gasteiger partial charge < -0.3 is 4.74 Å². The zero-order valence-electron chi connectivity index (χ0n) is 11.8. The molecule has 1 atom stereocenters. The molecule has 0 saturated heterocycles. The number of ether oxygens (including phenoxy) is 1. The first-order valence-electron chi connectivity index (χ1n) is 6.97. The van der Waals surface area contributed by atoms with Crippen LogP contribution in [0, 0.1) is 0 Å². The highest BCUT2D eigenvalue weighted by Crippen LogP contribution is 2.52. The third kappa shape index (κ3) is 2.27. The van der Waals surface area contributed by atoms with Gasteiger partial charge >= 0.3 is 5.97 Å². The number of carbonyl (C=O) groups excluding carboxylic acids is 1. The molecule has 1 unspecified atom stereocenters. The second-order valence-corrected chi connectivity index (χ2v) is 6.71. The fourth-order valence-electron chi connectivity index (χ4n) is 2.90. The van der Waals surface area contributed by atoms with Crippen molar-refractivity contribution in [1.29, 1.82) is 0 Å². The smallest absolute Gasteiger partial charge is 0.328 e. The zero-order chi connectivity index (χ0) is 13.7. The average Bonchev–Trinajstić information content (AvgIpc) is 3.08. The lowest BCUT2D eigenvalue weighted by molar-refractivity contribution is -0.158. The van der Waals surface area contributed by atoms with Crippen molar-refractivity contribution in [3.8, 4) is 0 Å². The summed E-state index contributed by atoms with van der Waals surface area (Å²) in [7, 11) is 0. The van der Waals surface area contributed by atoms with Crippen molar-refractivity contribution < 1.29 is 9.53 Å². The molecule has 1 aliphatic heterocycles. The van der Waals surface area contributed by atoms with Crippen LogP contribution in [-0.4, -0.2) is 18.1 Å². The van der Waals surface area contributed by atoms with Gasteiger partial charge in [0.25, 0.3) is 0 Å². The molecule has 1 aliphatic carbocycles. The minimum Gasteiger partial charge on any atom is -0.459 e. The molecule has 2 aliphatic rings. The molecule has 1 saturated carbocycles. The second-order valence-electron chi connectivity index (χ2n) is 6.71. The van der Waals surface area contributed by atoms with Gasteiger partial charge in [-0.2, -0.15) is 0 Å². The molecule has 3 rings (SSSR count). The van der Waals surface area contributed by atoms with E-state index in [4.69, 9.17) is 4.74 Å². The Morgan fingerprint density at radius 3 is 2.63 bits per heavy atom. The standard InChI is InChI=1S/C16H21NO2/c1-15(2,3)19-14(18)13-11-6-4-5-7-12(11)16(8-9-16)10-17-13/h4-7,13,17H,8-10H2,1-3H3. The molecule has 3 nitrogen and oxygen atoms in total. The summed E-state index contributed by atoms with van der Waals surface area (Å²) in [6.45, 7) is 6.60. The molecule has 3 heteroatoms. The van der Waals surface area contributed by atoms with E-state index in [1.165, 1.54) is 18.4 Å². The van der Waals surface area contributed by atoms with E-state index in [0.29, 0.717) is 0 Å². The number of hydrogen-bond acceptors (Lipinski definition) is 3. The number of benzene rings is 1. The summed E-state index contributed by atoms with van der Waals surface area (Å²) >= 11 is 0. The minimum atomic E-state index is -0.442. The predicted molar refractivity (Wildman–Crippen MR) is 73.9 cm³/mol. The van der Waals surface area contributed by atoms with Crippen molar-refractivity contribution >= 4 is 5.97 Å². The highest BCUT2D eigenvalue weighted by atomic mass is 16.6. The monoisotopic (exact) mass is 259 g/mol. The number of esters is 1. The summed E-state index contributed by atoms with van der Waals surface area (Å²) in [5.41, 5.74) is 2.28. The summed E-state index contributed by atoms with van der Waals surface area (Å²) in [4.78, 5) is 12.3. The summed E-state index contributed by atoms with van der Waals surface area (Å²) in [6.07, 6.45) is 2.44. The van der Waals surface area contributed by atoms with Crippen LogP contribution in [0.25, 0.3) is 0 Å². The first-order valence-corrected chi connectivity index (χ1v) is 6.97. The van der Waals surface area contributed by atoms with Crippen molar-refractivity contribution in [2.45, 2.75) is 50.7 Å². The molecule has 0 amide bonds. The molecule has 1 aromatic carbocycles. The molecule has 1 aromatic rings. The Bertz CT molecular complexity index is 512. The highest BCUT2D eigenvalue weighted by molar-refractivity contribution is 5.79. The summed E-state index contributed by atoms with van der Waals surface area (Å²) in [5.74, 6) is -0.171. The maximum atomic E-state index is 12.3. The van der Waals surface area contributed by atoms with Gasteiger partial charge in [0.2, 0.25) is 0 Å². The van der Waals surface area contributed by atoms with E-state index in [1.807, 2.05) is 26.8 Å². The van der Waals surface area contributed by atoms with Crippen molar-refractivity contribution in [3.05, 3.63) is 35.4 Å². The fourth-order valence-corrected chi connectivity index (χ4v) is 2.90. The molecule has 1 N–H and O–H groups in total. The Morgan fingerprint density at radius 1 is 1.32 bits per heavy atom. The number of rotatable bonds is 1. The molecule has 1 heterocycles. The first kappa shape index (κ1) is 12.7. The molecule has 19 heavy (non-hydrogen) atoms. The van der Waals surface area contributed by atoms with E-state index in [1.54, 1.807) is 0 Å². The SMILES string of the molecule is CC(C)(C)OC(=O)C1NCC2(CC2)c2ccccc21. The molecular formula is C16H21NO2. The third-order valence-electron chi connectivity index (χ3n) is 3.98. The van der Waals surface area contributed by atoms with Crippen molar-refractivity contribution in [3.63, 3.8) is 0 Å².